The lowest BCUT2D eigenvalue weighted by atomic mass is 9.93. The summed E-state index contributed by atoms with van der Waals surface area (Å²) in [5, 5.41) is 0. The second-order valence-electron chi connectivity index (χ2n) is 5.73. The van der Waals surface area contributed by atoms with Crippen LogP contribution in [0.4, 0.5) is 0 Å². The molecule has 2 heterocycles. The number of hydrogen-bond acceptors (Lipinski definition) is 4. The molecule has 1 aliphatic carbocycles. The summed E-state index contributed by atoms with van der Waals surface area (Å²) >= 11 is 0. The Hall–Kier alpha value is -1.00. The molecule has 0 spiro atoms. The number of aryl methyl sites for hydroxylation is 1. The van der Waals surface area contributed by atoms with Crippen molar-refractivity contribution in [1.82, 2.24) is 14.9 Å². The molecule has 2 aliphatic rings. The Morgan fingerprint density at radius 3 is 2.74 bits per heavy atom. The Bertz CT molecular complexity index is 400. The van der Waals surface area contributed by atoms with Gasteiger partial charge < -0.3 is 4.74 Å². The average Bonchev–Trinajstić information content (AvgIpc) is 2.49. The third-order valence-electron chi connectivity index (χ3n) is 4.32. The zero-order valence-electron chi connectivity index (χ0n) is 11.7. The van der Waals surface area contributed by atoms with E-state index in [-0.39, 0.29) is 6.10 Å². The average molecular weight is 261 g/mol. The Kier molecular flexibility index (Phi) is 4.09. The molecule has 0 aromatic carbocycles. The van der Waals surface area contributed by atoms with E-state index in [0.717, 1.165) is 37.1 Å². The molecule has 104 valence electrons. The summed E-state index contributed by atoms with van der Waals surface area (Å²) in [5.74, 6) is 0. The lowest BCUT2D eigenvalue weighted by Gasteiger charge is -2.39. The van der Waals surface area contributed by atoms with Crippen LogP contribution >= 0.6 is 0 Å². The highest BCUT2D eigenvalue weighted by atomic mass is 16.5. The van der Waals surface area contributed by atoms with Gasteiger partial charge in [-0.05, 0) is 19.8 Å². The number of hydrogen-bond donors (Lipinski definition) is 0. The molecule has 0 amide bonds. The topological polar surface area (TPSA) is 38.2 Å². The van der Waals surface area contributed by atoms with Crippen LogP contribution < -0.4 is 0 Å². The molecule has 4 heteroatoms. The Balaban J connectivity index is 1.65. The highest BCUT2D eigenvalue weighted by Gasteiger charge is 2.28. The quantitative estimate of drug-likeness (QED) is 0.820. The standard InChI is InChI=1S/C15H23N3O/c1-12-9-17-14(10-16-12)15-11-18(7-8-19-15)13-5-3-2-4-6-13/h9-10,13,15H,2-8,11H2,1H3. The first-order chi connectivity index (χ1) is 9.33. The minimum atomic E-state index is 0.101. The van der Waals surface area contributed by atoms with Crippen molar-refractivity contribution >= 4 is 0 Å². The van der Waals surface area contributed by atoms with Crippen LogP contribution in [0.3, 0.4) is 0 Å². The van der Waals surface area contributed by atoms with Crippen LogP contribution in [0.2, 0.25) is 0 Å². The van der Waals surface area contributed by atoms with Gasteiger partial charge in [-0.2, -0.15) is 0 Å². The van der Waals surface area contributed by atoms with E-state index in [1.807, 2.05) is 19.3 Å². The van der Waals surface area contributed by atoms with Crippen LogP contribution in [0.1, 0.15) is 49.6 Å². The van der Waals surface area contributed by atoms with Crippen molar-refractivity contribution in [3.05, 3.63) is 23.8 Å². The molecule has 3 rings (SSSR count). The van der Waals surface area contributed by atoms with Gasteiger partial charge in [-0.3, -0.25) is 14.9 Å². The molecule has 4 nitrogen and oxygen atoms in total. The van der Waals surface area contributed by atoms with Gasteiger partial charge in [0.15, 0.2) is 0 Å². The molecular formula is C15H23N3O. The van der Waals surface area contributed by atoms with E-state index in [2.05, 4.69) is 14.9 Å². The molecule has 0 radical (unpaired) electrons. The number of nitrogens with zero attached hydrogens (tertiary/aromatic N) is 3. The lowest BCUT2D eigenvalue weighted by Crippen LogP contribution is -2.45. The van der Waals surface area contributed by atoms with Crippen LogP contribution in [-0.4, -0.2) is 40.6 Å². The summed E-state index contributed by atoms with van der Waals surface area (Å²) in [6.07, 6.45) is 10.7. The minimum absolute atomic E-state index is 0.101. The molecule has 2 fully saturated rings. The maximum Gasteiger partial charge on any atom is 0.114 e. The Morgan fingerprint density at radius 1 is 1.16 bits per heavy atom. The molecule has 1 aromatic heterocycles. The summed E-state index contributed by atoms with van der Waals surface area (Å²) in [5.41, 5.74) is 1.94. The second-order valence-corrected chi connectivity index (χ2v) is 5.73. The summed E-state index contributed by atoms with van der Waals surface area (Å²) in [7, 11) is 0. The first kappa shape index (κ1) is 13.0. The SMILES string of the molecule is Cc1cnc(C2CN(C3CCCCC3)CCO2)cn1. The molecule has 1 saturated carbocycles. The van der Waals surface area contributed by atoms with E-state index in [1.165, 1.54) is 32.1 Å². The predicted octanol–water partition coefficient (Wildman–Crippen LogP) is 2.49. The van der Waals surface area contributed by atoms with Gasteiger partial charge in [0.25, 0.3) is 0 Å². The largest absolute Gasteiger partial charge is 0.369 e. The van der Waals surface area contributed by atoms with Gasteiger partial charge in [-0.25, -0.2) is 0 Å². The van der Waals surface area contributed by atoms with E-state index in [0.29, 0.717) is 0 Å². The van der Waals surface area contributed by atoms with E-state index >= 15 is 0 Å². The first-order valence-corrected chi connectivity index (χ1v) is 7.47. The van der Waals surface area contributed by atoms with E-state index in [1.54, 1.807) is 0 Å². The molecule has 1 unspecified atom stereocenters. The van der Waals surface area contributed by atoms with Crippen LogP contribution in [-0.2, 0) is 4.74 Å². The highest BCUT2D eigenvalue weighted by Crippen LogP contribution is 2.27. The van der Waals surface area contributed by atoms with Crippen molar-refractivity contribution in [1.29, 1.82) is 0 Å². The van der Waals surface area contributed by atoms with Crippen LogP contribution in [0, 0.1) is 6.92 Å². The van der Waals surface area contributed by atoms with Crippen molar-refractivity contribution in [3.63, 3.8) is 0 Å². The molecule has 1 atom stereocenters. The van der Waals surface area contributed by atoms with Gasteiger partial charge in [0.05, 0.1) is 24.2 Å². The van der Waals surface area contributed by atoms with Crippen molar-refractivity contribution in [2.24, 2.45) is 0 Å². The Labute approximate surface area is 115 Å². The van der Waals surface area contributed by atoms with Crippen molar-refractivity contribution in [2.75, 3.05) is 19.7 Å². The third-order valence-corrected chi connectivity index (χ3v) is 4.32. The van der Waals surface area contributed by atoms with Crippen molar-refractivity contribution in [2.45, 2.75) is 51.2 Å². The molecule has 1 aromatic rings. The van der Waals surface area contributed by atoms with Crippen LogP contribution in [0.5, 0.6) is 0 Å². The van der Waals surface area contributed by atoms with Crippen molar-refractivity contribution in [3.8, 4) is 0 Å². The summed E-state index contributed by atoms with van der Waals surface area (Å²) in [6, 6.07) is 0.763. The minimum Gasteiger partial charge on any atom is -0.369 e. The monoisotopic (exact) mass is 261 g/mol. The lowest BCUT2D eigenvalue weighted by molar-refractivity contribution is -0.0518. The van der Waals surface area contributed by atoms with E-state index in [9.17, 15) is 0 Å². The fourth-order valence-corrected chi connectivity index (χ4v) is 3.19. The fraction of sp³-hybridized carbons (Fsp3) is 0.733. The summed E-state index contributed by atoms with van der Waals surface area (Å²) < 4.78 is 5.88. The fourth-order valence-electron chi connectivity index (χ4n) is 3.19. The second kappa shape index (κ2) is 5.97. The normalized spacial score (nSPS) is 26.5. The highest BCUT2D eigenvalue weighted by molar-refractivity contribution is 5.05. The maximum atomic E-state index is 5.88. The third kappa shape index (κ3) is 3.12. The first-order valence-electron chi connectivity index (χ1n) is 7.47. The number of aromatic nitrogens is 2. The van der Waals surface area contributed by atoms with E-state index < -0.39 is 0 Å². The smallest absolute Gasteiger partial charge is 0.114 e. The predicted molar refractivity (Wildman–Crippen MR) is 73.9 cm³/mol. The maximum absolute atomic E-state index is 5.88. The molecular weight excluding hydrogens is 238 g/mol. The molecule has 0 bridgehead atoms. The zero-order valence-corrected chi connectivity index (χ0v) is 11.7. The molecule has 0 N–H and O–H groups in total. The number of ether oxygens (including phenoxy) is 1. The van der Waals surface area contributed by atoms with Crippen LogP contribution in [0.25, 0.3) is 0 Å². The number of rotatable bonds is 2. The van der Waals surface area contributed by atoms with E-state index in [4.69, 9.17) is 4.74 Å². The summed E-state index contributed by atoms with van der Waals surface area (Å²) in [6.45, 7) is 4.83. The molecule has 19 heavy (non-hydrogen) atoms. The van der Waals surface area contributed by atoms with Gasteiger partial charge in [-0.1, -0.05) is 19.3 Å². The summed E-state index contributed by atoms with van der Waals surface area (Å²) in [4.78, 5) is 11.4. The van der Waals surface area contributed by atoms with Crippen molar-refractivity contribution < 1.29 is 4.74 Å². The Morgan fingerprint density at radius 2 is 2.00 bits per heavy atom. The van der Waals surface area contributed by atoms with Crippen LogP contribution in [0.15, 0.2) is 12.4 Å². The van der Waals surface area contributed by atoms with Gasteiger partial charge in [0.1, 0.15) is 6.10 Å². The molecule has 1 aliphatic heterocycles. The van der Waals surface area contributed by atoms with Gasteiger partial charge in [0, 0.05) is 25.3 Å². The van der Waals surface area contributed by atoms with Gasteiger partial charge in [-0.15, -0.1) is 0 Å². The van der Waals surface area contributed by atoms with Gasteiger partial charge >= 0.3 is 0 Å². The van der Waals surface area contributed by atoms with Gasteiger partial charge in [0.2, 0.25) is 0 Å². The number of morpholine rings is 1. The molecule has 1 saturated heterocycles. The zero-order chi connectivity index (χ0) is 13.1.